The number of rotatable bonds is 5. The van der Waals surface area contributed by atoms with Gasteiger partial charge in [-0.25, -0.2) is 0 Å². The molecular formula is C16H23NO2. The van der Waals surface area contributed by atoms with E-state index in [1.807, 2.05) is 13.0 Å². The third-order valence-corrected chi connectivity index (χ3v) is 3.91. The molecule has 1 aliphatic heterocycles. The van der Waals surface area contributed by atoms with Crippen molar-refractivity contribution in [3.8, 4) is 0 Å². The van der Waals surface area contributed by atoms with E-state index in [1.165, 1.54) is 12.0 Å². The summed E-state index contributed by atoms with van der Waals surface area (Å²) >= 11 is 0. The minimum absolute atomic E-state index is 0.0698. The fourth-order valence-electron chi connectivity index (χ4n) is 2.92. The maximum absolute atomic E-state index is 11.7. The lowest BCUT2D eigenvalue weighted by atomic mass is 10.0. The van der Waals surface area contributed by atoms with E-state index in [4.69, 9.17) is 4.74 Å². The summed E-state index contributed by atoms with van der Waals surface area (Å²) in [5.41, 5.74) is 1.32. The highest BCUT2D eigenvalue weighted by Gasteiger charge is 2.30. The molecule has 0 N–H and O–H groups in total. The number of ether oxygens (including phenoxy) is 1. The zero-order valence-corrected chi connectivity index (χ0v) is 11.8. The Morgan fingerprint density at radius 3 is 2.84 bits per heavy atom. The molecule has 0 bridgehead atoms. The minimum atomic E-state index is -0.0698. The highest BCUT2D eigenvalue weighted by Crippen LogP contribution is 2.30. The van der Waals surface area contributed by atoms with Gasteiger partial charge in [0.2, 0.25) is 0 Å². The number of hydrogen-bond acceptors (Lipinski definition) is 3. The van der Waals surface area contributed by atoms with Crippen LogP contribution in [0.15, 0.2) is 30.3 Å². The predicted molar refractivity (Wildman–Crippen MR) is 75.8 cm³/mol. The second-order valence-electron chi connectivity index (χ2n) is 5.13. The third-order valence-electron chi connectivity index (χ3n) is 3.91. The number of carbonyl (C=O) groups is 1. The van der Waals surface area contributed by atoms with Gasteiger partial charge in [0.15, 0.2) is 0 Å². The molecule has 1 aromatic rings. The molecule has 104 valence electrons. The molecule has 0 saturated carbocycles. The van der Waals surface area contributed by atoms with Crippen molar-refractivity contribution in [1.82, 2.24) is 4.90 Å². The number of nitrogens with zero attached hydrogens (tertiary/aromatic N) is 1. The maximum Gasteiger partial charge on any atom is 0.307 e. The summed E-state index contributed by atoms with van der Waals surface area (Å²) in [4.78, 5) is 14.1. The molecule has 0 aromatic heterocycles. The Hall–Kier alpha value is -1.35. The summed E-state index contributed by atoms with van der Waals surface area (Å²) in [7, 11) is 0. The fourth-order valence-corrected chi connectivity index (χ4v) is 2.92. The SMILES string of the molecule is CCOC(=O)C[C@@H]1CCCN1[C@H](C)c1ccccc1. The van der Waals surface area contributed by atoms with Crippen LogP contribution >= 0.6 is 0 Å². The molecule has 1 saturated heterocycles. The molecule has 1 aromatic carbocycles. The smallest absolute Gasteiger partial charge is 0.307 e. The molecule has 0 spiro atoms. The Bertz CT molecular complexity index is 404. The third kappa shape index (κ3) is 3.57. The largest absolute Gasteiger partial charge is 0.466 e. The van der Waals surface area contributed by atoms with Gasteiger partial charge in [-0.05, 0) is 38.8 Å². The van der Waals surface area contributed by atoms with Crippen molar-refractivity contribution in [1.29, 1.82) is 0 Å². The van der Waals surface area contributed by atoms with Gasteiger partial charge >= 0.3 is 5.97 Å². The van der Waals surface area contributed by atoms with E-state index in [0.29, 0.717) is 25.1 Å². The lowest BCUT2D eigenvalue weighted by molar-refractivity contribution is -0.144. The first-order chi connectivity index (χ1) is 9.22. The average Bonchev–Trinajstić information content (AvgIpc) is 2.87. The van der Waals surface area contributed by atoms with Crippen molar-refractivity contribution >= 4 is 5.97 Å². The highest BCUT2D eigenvalue weighted by molar-refractivity contribution is 5.70. The Labute approximate surface area is 115 Å². The van der Waals surface area contributed by atoms with Crippen LogP contribution in [0.1, 0.15) is 44.7 Å². The Morgan fingerprint density at radius 1 is 1.42 bits per heavy atom. The standard InChI is InChI=1S/C16H23NO2/c1-3-19-16(18)12-15-10-7-11-17(15)13(2)14-8-5-4-6-9-14/h4-6,8-9,13,15H,3,7,10-12H2,1-2H3/t13-,15+/m1/s1. The van der Waals surface area contributed by atoms with Crippen LogP contribution in [0.4, 0.5) is 0 Å². The number of hydrogen-bond donors (Lipinski definition) is 0. The van der Waals surface area contributed by atoms with E-state index in [1.54, 1.807) is 0 Å². The predicted octanol–water partition coefficient (Wildman–Crippen LogP) is 3.17. The summed E-state index contributed by atoms with van der Waals surface area (Å²) in [6.45, 7) is 5.62. The fraction of sp³-hybridized carbons (Fsp3) is 0.562. The molecule has 19 heavy (non-hydrogen) atoms. The molecule has 1 heterocycles. The summed E-state index contributed by atoms with van der Waals surface area (Å²) in [5, 5.41) is 0. The number of esters is 1. The van der Waals surface area contributed by atoms with Crippen LogP contribution in [-0.4, -0.2) is 30.1 Å². The molecule has 1 fully saturated rings. The molecule has 3 heteroatoms. The van der Waals surface area contributed by atoms with Gasteiger partial charge in [-0.3, -0.25) is 9.69 Å². The van der Waals surface area contributed by atoms with Crippen molar-refractivity contribution in [2.75, 3.05) is 13.2 Å². The van der Waals surface area contributed by atoms with Crippen LogP contribution in [0.5, 0.6) is 0 Å². The summed E-state index contributed by atoms with van der Waals surface area (Å²) in [5.74, 6) is -0.0698. The second-order valence-corrected chi connectivity index (χ2v) is 5.13. The quantitative estimate of drug-likeness (QED) is 0.762. The van der Waals surface area contributed by atoms with Gasteiger partial charge in [0.25, 0.3) is 0 Å². The first kappa shape index (κ1) is 14.1. The van der Waals surface area contributed by atoms with Crippen LogP contribution < -0.4 is 0 Å². The lowest BCUT2D eigenvalue weighted by Gasteiger charge is -2.30. The van der Waals surface area contributed by atoms with Crippen LogP contribution in [0.25, 0.3) is 0 Å². The molecule has 0 radical (unpaired) electrons. The molecular weight excluding hydrogens is 238 g/mol. The maximum atomic E-state index is 11.7. The number of benzene rings is 1. The molecule has 1 aliphatic rings. The topological polar surface area (TPSA) is 29.5 Å². The molecule has 0 unspecified atom stereocenters. The van der Waals surface area contributed by atoms with E-state index in [9.17, 15) is 4.79 Å². The van der Waals surface area contributed by atoms with E-state index >= 15 is 0 Å². The number of likely N-dealkylation sites (tertiary alicyclic amines) is 1. The lowest BCUT2D eigenvalue weighted by Crippen LogP contribution is -2.34. The molecule has 0 aliphatic carbocycles. The molecule has 0 amide bonds. The summed E-state index contributed by atoms with van der Waals surface area (Å²) < 4.78 is 5.07. The molecule has 3 nitrogen and oxygen atoms in total. The second kappa shape index (κ2) is 6.71. The summed E-state index contributed by atoms with van der Waals surface area (Å²) in [6, 6.07) is 11.2. The van der Waals surface area contributed by atoms with Crippen molar-refractivity contribution in [3.05, 3.63) is 35.9 Å². The first-order valence-corrected chi connectivity index (χ1v) is 7.18. The highest BCUT2D eigenvalue weighted by atomic mass is 16.5. The Kier molecular flexibility index (Phi) is 4.97. The Morgan fingerprint density at radius 2 is 2.16 bits per heavy atom. The monoisotopic (exact) mass is 261 g/mol. The van der Waals surface area contributed by atoms with E-state index in [-0.39, 0.29) is 5.97 Å². The van der Waals surface area contributed by atoms with Gasteiger partial charge in [0.1, 0.15) is 0 Å². The van der Waals surface area contributed by atoms with E-state index < -0.39 is 0 Å². The zero-order valence-electron chi connectivity index (χ0n) is 11.8. The van der Waals surface area contributed by atoms with Crippen molar-refractivity contribution in [2.45, 2.75) is 45.2 Å². The molecule has 2 atom stereocenters. The Balaban J connectivity index is 2.00. The van der Waals surface area contributed by atoms with Crippen LogP contribution in [0, 0.1) is 0 Å². The van der Waals surface area contributed by atoms with Gasteiger partial charge in [0.05, 0.1) is 13.0 Å². The van der Waals surface area contributed by atoms with Crippen LogP contribution in [0.2, 0.25) is 0 Å². The van der Waals surface area contributed by atoms with E-state index in [0.717, 1.165) is 13.0 Å². The van der Waals surface area contributed by atoms with Gasteiger partial charge in [-0.15, -0.1) is 0 Å². The van der Waals surface area contributed by atoms with Crippen molar-refractivity contribution in [2.24, 2.45) is 0 Å². The van der Waals surface area contributed by atoms with Gasteiger partial charge in [-0.2, -0.15) is 0 Å². The zero-order chi connectivity index (χ0) is 13.7. The first-order valence-electron chi connectivity index (χ1n) is 7.18. The van der Waals surface area contributed by atoms with E-state index in [2.05, 4.69) is 36.1 Å². The molecule has 2 rings (SSSR count). The van der Waals surface area contributed by atoms with Gasteiger partial charge < -0.3 is 4.74 Å². The van der Waals surface area contributed by atoms with Crippen molar-refractivity contribution in [3.63, 3.8) is 0 Å². The normalized spacial score (nSPS) is 21.3. The number of carbonyl (C=O) groups excluding carboxylic acids is 1. The van der Waals surface area contributed by atoms with Gasteiger partial charge in [-0.1, -0.05) is 30.3 Å². The summed E-state index contributed by atoms with van der Waals surface area (Å²) in [6.07, 6.45) is 2.78. The van der Waals surface area contributed by atoms with Gasteiger partial charge in [0, 0.05) is 12.1 Å². The average molecular weight is 261 g/mol. The minimum Gasteiger partial charge on any atom is -0.466 e. The van der Waals surface area contributed by atoms with Crippen LogP contribution in [-0.2, 0) is 9.53 Å². The van der Waals surface area contributed by atoms with Crippen molar-refractivity contribution < 1.29 is 9.53 Å². The van der Waals surface area contributed by atoms with Crippen LogP contribution in [0.3, 0.4) is 0 Å².